The van der Waals surface area contributed by atoms with E-state index in [1.807, 2.05) is 30.3 Å². The highest BCUT2D eigenvalue weighted by Crippen LogP contribution is 2.24. The predicted molar refractivity (Wildman–Crippen MR) is 74.9 cm³/mol. The van der Waals surface area contributed by atoms with Crippen LogP contribution in [-0.2, 0) is 0 Å². The predicted octanol–water partition coefficient (Wildman–Crippen LogP) is 2.05. The molecule has 6 heteroatoms. The standard InChI is InChI=1S/C13H12N6/c14-19-13-8-15-7-12(18-13)17-11-5-1-4-10-9(11)3-2-6-16-10/h1-8H,14H2,(H2,17,18,19). The van der Waals surface area contributed by atoms with Gasteiger partial charge in [-0.1, -0.05) is 6.07 Å². The molecule has 2 aromatic heterocycles. The Morgan fingerprint density at radius 1 is 1.00 bits per heavy atom. The summed E-state index contributed by atoms with van der Waals surface area (Å²) in [6, 6.07) is 9.77. The molecular weight excluding hydrogens is 240 g/mol. The minimum absolute atomic E-state index is 0.503. The molecule has 6 nitrogen and oxygen atoms in total. The fourth-order valence-corrected chi connectivity index (χ4v) is 1.85. The molecule has 0 radical (unpaired) electrons. The summed E-state index contributed by atoms with van der Waals surface area (Å²) in [7, 11) is 0. The highest BCUT2D eigenvalue weighted by molar-refractivity contribution is 5.92. The number of anilines is 3. The minimum atomic E-state index is 0.503. The van der Waals surface area contributed by atoms with Crippen LogP contribution in [0.15, 0.2) is 48.9 Å². The molecule has 0 aliphatic rings. The highest BCUT2D eigenvalue weighted by Gasteiger charge is 2.03. The molecule has 0 fully saturated rings. The van der Waals surface area contributed by atoms with Crippen LogP contribution in [0.5, 0.6) is 0 Å². The molecule has 1 aromatic carbocycles. The van der Waals surface area contributed by atoms with E-state index in [9.17, 15) is 0 Å². The second kappa shape index (κ2) is 4.87. The lowest BCUT2D eigenvalue weighted by Crippen LogP contribution is -2.09. The Balaban J connectivity index is 2.01. The Morgan fingerprint density at radius 3 is 2.79 bits per heavy atom. The smallest absolute Gasteiger partial charge is 0.160 e. The lowest BCUT2D eigenvalue weighted by Gasteiger charge is -2.09. The number of benzene rings is 1. The Morgan fingerprint density at radius 2 is 1.89 bits per heavy atom. The lowest BCUT2D eigenvalue weighted by molar-refractivity contribution is 1.16. The van der Waals surface area contributed by atoms with Gasteiger partial charge in [-0.25, -0.2) is 10.8 Å². The van der Waals surface area contributed by atoms with E-state index in [-0.39, 0.29) is 0 Å². The third-order valence-electron chi connectivity index (χ3n) is 2.69. The van der Waals surface area contributed by atoms with E-state index in [0.29, 0.717) is 11.6 Å². The average molecular weight is 252 g/mol. The Kier molecular flexibility index (Phi) is 2.91. The molecule has 94 valence electrons. The van der Waals surface area contributed by atoms with Gasteiger partial charge in [-0.15, -0.1) is 0 Å². The first-order chi connectivity index (χ1) is 9.36. The number of hydrogen-bond acceptors (Lipinski definition) is 6. The second-order valence-electron chi connectivity index (χ2n) is 3.93. The van der Waals surface area contributed by atoms with Crippen LogP contribution < -0.4 is 16.6 Å². The van der Waals surface area contributed by atoms with Gasteiger partial charge in [0.25, 0.3) is 0 Å². The van der Waals surface area contributed by atoms with Crippen molar-refractivity contribution in [2.45, 2.75) is 0 Å². The van der Waals surface area contributed by atoms with Gasteiger partial charge in [0.15, 0.2) is 11.6 Å². The summed E-state index contributed by atoms with van der Waals surface area (Å²) in [4.78, 5) is 12.6. The van der Waals surface area contributed by atoms with Crippen LogP contribution in [0.3, 0.4) is 0 Å². The van der Waals surface area contributed by atoms with Crippen molar-refractivity contribution in [1.82, 2.24) is 15.0 Å². The Bertz CT molecular complexity index is 707. The zero-order valence-electron chi connectivity index (χ0n) is 10.0. The van der Waals surface area contributed by atoms with Crippen LogP contribution in [0.25, 0.3) is 10.9 Å². The molecule has 0 atom stereocenters. The van der Waals surface area contributed by atoms with Gasteiger partial charge < -0.3 is 10.7 Å². The summed E-state index contributed by atoms with van der Waals surface area (Å²) in [5.74, 6) is 6.43. The van der Waals surface area contributed by atoms with Crippen molar-refractivity contribution < 1.29 is 0 Å². The number of hydrazine groups is 1. The summed E-state index contributed by atoms with van der Waals surface area (Å²) in [5.41, 5.74) is 4.31. The highest BCUT2D eigenvalue weighted by atomic mass is 15.3. The normalized spacial score (nSPS) is 10.4. The molecule has 0 amide bonds. The van der Waals surface area contributed by atoms with Crippen molar-refractivity contribution in [2.75, 3.05) is 10.7 Å². The third-order valence-corrected chi connectivity index (χ3v) is 2.69. The molecule has 19 heavy (non-hydrogen) atoms. The third kappa shape index (κ3) is 2.29. The summed E-state index contributed by atoms with van der Waals surface area (Å²) in [6.45, 7) is 0. The molecule has 0 saturated carbocycles. The number of pyridine rings is 1. The van der Waals surface area contributed by atoms with Gasteiger partial charge in [0.1, 0.15) is 0 Å². The molecule has 0 saturated heterocycles. The molecular formula is C13H12N6. The minimum Gasteiger partial charge on any atom is -0.338 e. The maximum absolute atomic E-state index is 5.31. The fraction of sp³-hybridized carbons (Fsp3) is 0. The average Bonchev–Trinajstić information content (AvgIpc) is 2.48. The maximum atomic E-state index is 5.31. The molecule has 0 aliphatic heterocycles. The number of nitrogens with two attached hydrogens (primary N) is 1. The van der Waals surface area contributed by atoms with Gasteiger partial charge in [-0.3, -0.25) is 9.97 Å². The summed E-state index contributed by atoms with van der Waals surface area (Å²) in [6.07, 6.45) is 4.96. The van der Waals surface area contributed by atoms with Gasteiger partial charge in [-0.2, -0.15) is 0 Å². The summed E-state index contributed by atoms with van der Waals surface area (Å²) in [5, 5.41) is 4.24. The molecule has 0 spiro atoms. The van der Waals surface area contributed by atoms with E-state index in [0.717, 1.165) is 16.6 Å². The van der Waals surface area contributed by atoms with E-state index in [1.165, 1.54) is 0 Å². The van der Waals surface area contributed by atoms with E-state index in [1.54, 1.807) is 18.6 Å². The van der Waals surface area contributed by atoms with Gasteiger partial charge in [0, 0.05) is 17.3 Å². The topological polar surface area (TPSA) is 88.8 Å². The Hall–Kier alpha value is -2.73. The number of rotatable bonds is 3. The maximum Gasteiger partial charge on any atom is 0.160 e. The first kappa shape index (κ1) is 11.4. The molecule has 2 heterocycles. The lowest BCUT2D eigenvalue weighted by atomic mass is 10.2. The molecule has 0 bridgehead atoms. The van der Waals surface area contributed by atoms with Crippen LogP contribution in [0, 0.1) is 0 Å². The fourth-order valence-electron chi connectivity index (χ4n) is 1.85. The van der Waals surface area contributed by atoms with Crippen LogP contribution in [0.4, 0.5) is 17.3 Å². The second-order valence-corrected chi connectivity index (χ2v) is 3.93. The first-order valence-corrected chi connectivity index (χ1v) is 5.76. The summed E-state index contributed by atoms with van der Waals surface area (Å²) >= 11 is 0. The van der Waals surface area contributed by atoms with Gasteiger partial charge in [0.05, 0.1) is 17.9 Å². The molecule has 3 aromatic rings. The molecule has 0 unspecified atom stereocenters. The van der Waals surface area contributed by atoms with Crippen molar-refractivity contribution in [3.63, 3.8) is 0 Å². The van der Waals surface area contributed by atoms with Crippen LogP contribution in [-0.4, -0.2) is 15.0 Å². The van der Waals surface area contributed by atoms with Crippen molar-refractivity contribution >= 4 is 28.2 Å². The SMILES string of the molecule is NNc1cncc(Nc2cccc3ncccc23)n1. The van der Waals surface area contributed by atoms with E-state index < -0.39 is 0 Å². The molecule has 3 rings (SSSR count). The molecule has 4 N–H and O–H groups in total. The Labute approximate surface area is 109 Å². The number of nitrogens with one attached hydrogen (secondary N) is 2. The van der Waals surface area contributed by atoms with Crippen LogP contribution >= 0.6 is 0 Å². The van der Waals surface area contributed by atoms with E-state index in [4.69, 9.17) is 5.84 Å². The van der Waals surface area contributed by atoms with Gasteiger partial charge in [-0.05, 0) is 24.3 Å². The van der Waals surface area contributed by atoms with Crippen molar-refractivity contribution in [2.24, 2.45) is 5.84 Å². The number of nitrogens with zero attached hydrogens (tertiary/aromatic N) is 3. The quantitative estimate of drug-likeness (QED) is 0.488. The van der Waals surface area contributed by atoms with Crippen molar-refractivity contribution in [1.29, 1.82) is 0 Å². The van der Waals surface area contributed by atoms with Crippen molar-refractivity contribution in [3.05, 3.63) is 48.9 Å². The van der Waals surface area contributed by atoms with E-state index >= 15 is 0 Å². The molecule has 0 aliphatic carbocycles. The number of nitrogen functional groups attached to an aromatic ring is 1. The van der Waals surface area contributed by atoms with E-state index in [2.05, 4.69) is 25.7 Å². The zero-order valence-corrected chi connectivity index (χ0v) is 10.0. The van der Waals surface area contributed by atoms with Gasteiger partial charge >= 0.3 is 0 Å². The summed E-state index contributed by atoms with van der Waals surface area (Å²) < 4.78 is 0. The van der Waals surface area contributed by atoms with Crippen LogP contribution in [0.1, 0.15) is 0 Å². The number of fused-ring (bicyclic) bond motifs is 1. The largest absolute Gasteiger partial charge is 0.338 e. The first-order valence-electron chi connectivity index (χ1n) is 5.76. The van der Waals surface area contributed by atoms with Crippen molar-refractivity contribution in [3.8, 4) is 0 Å². The van der Waals surface area contributed by atoms with Crippen LogP contribution in [0.2, 0.25) is 0 Å². The van der Waals surface area contributed by atoms with Gasteiger partial charge in [0.2, 0.25) is 0 Å². The zero-order chi connectivity index (χ0) is 13.1. The monoisotopic (exact) mass is 252 g/mol. The number of hydrogen-bond donors (Lipinski definition) is 3. The number of aromatic nitrogens is 3.